The molecular weight excluding hydrogens is 408 g/mol. The first-order valence-electron chi connectivity index (χ1n) is 10.5. The Bertz CT molecular complexity index is 1020. The van der Waals surface area contributed by atoms with Gasteiger partial charge in [0.25, 0.3) is 5.91 Å². The lowest BCUT2D eigenvalue weighted by atomic mass is 10.1. The second-order valence-corrected chi connectivity index (χ2v) is 15.2. The summed E-state index contributed by atoms with van der Waals surface area (Å²) < 4.78 is 8.40. The third kappa shape index (κ3) is 6.71. The van der Waals surface area contributed by atoms with Gasteiger partial charge >= 0.3 is 0 Å². The third-order valence-corrected chi connectivity index (χ3v) is 6.66. The summed E-state index contributed by atoms with van der Waals surface area (Å²) in [6.07, 6.45) is 5.23. The summed E-state index contributed by atoms with van der Waals surface area (Å²) >= 11 is 1.54. The lowest BCUT2D eigenvalue weighted by Crippen LogP contribution is -2.18. The summed E-state index contributed by atoms with van der Waals surface area (Å²) in [5, 5.41) is 0. The highest BCUT2D eigenvalue weighted by atomic mass is 32.1. The maximum Gasteiger partial charge on any atom is 0.282 e. The van der Waals surface area contributed by atoms with Gasteiger partial charge in [-0.05, 0) is 63.3 Å². The van der Waals surface area contributed by atoms with Gasteiger partial charge in [-0.3, -0.25) is 8.75 Å². The van der Waals surface area contributed by atoms with Crippen molar-refractivity contribution in [1.82, 2.24) is 3.96 Å². The predicted molar refractivity (Wildman–Crippen MR) is 129 cm³/mol. The van der Waals surface area contributed by atoms with E-state index in [0.29, 0.717) is 11.3 Å². The number of carbonyl (C=O) groups is 1. The third-order valence-electron chi connectivity index (χ3n) is 4.41. The summed E-state index contributed by atoms with van der Waals surface area (Å²) in [6, 6.07) is 5.50. The minimum absolute atomic E-state index is 0.0491. The number of hydrogen-bond acceptors (Lipinski definition) is 3. The predicted octanol–water partition coefficient (Wildman–Crippen LogP) is 5.63. The molecule has 4 nitrogen and oxygen atoms in total. The normalized spacial score (nSPS) is 12.5. The van der Waals surface area contributed by atoms with Crippen LogP contribution in [0.3, 0.4) is 0 Å². The number of methoxy groups -OCH3 is 1. The van der Waals surface area contributed by atoms with Crippen LogP contribution in [0.5, 0.6) is 5.75 Å². The van der Waals surface area contributed by atoms with Crippen molar-refractivity contribution >= 4 is 25.5 Å². The molecule has 162 valence electrons. The lowest BCUT2D eigenvalue weighted by molar-refractivity contribution is 0.0996. The summed E-state index contributed by atoms with van der Waals surface area (Å²) in [5.41, 5.74) is 5.70. The van der Waals surface area contributed by atoms with Crippen LogP contribution in [0.4, 0.5) is 0 Å². The zero-order valence-corrected chi connectivity index (χ0v) is 21.4. The van der Waals surface area contributed by atoms with E-state index in [1.165, 1.54) is 11.5 Å². The maximum atomic E-state index is 13.1. The van der Waals surface area contributed by atoms with Crippen LogP contribution < -0.4 is 9.41 Å². The van der Waals surface area contributed by atoms with E-state index in [4.69, 9.17) is 4.74 Å². The molecule has 30 heavy (non-hydrogen) atoms. The molecule has 0 fully saturated rings. The van der Waals surface area contributed by atoms with E-state index in [2.05, 4.69) is 73.9 Å². The van der Waals surface area contributed by atoms with E-state index in [-0.39, 0.29) is 11.4 Å². The van der Waals surface area contributed by atoms with Gasteiger partial charge in [0, 0.05) is 22.9 Å². The fourth-order valence-corrected chi connectivity index (χ4v) is 4.26. The van der Waals surface area contributed by atoms with Gasteiger partial charge < -0.3 is 4.74 Å². The van der Waals surface area contributed by atoms with Crippen LogP contribution in [-0.2, 0) is 12.0 Å². The molecule has 0 saturated heterocycles. The minimum Gasteiger partial charge on any atom is -0.496 e. The van der Waals surface area contributed by atoms with Gasteiger partial charge in [0.15, 0.2) is 0 Å². The smallest absolute Gasteiger partial charge is 0.282 e. The minimum atomic E-state index is -1.50. The Hall–Kier alpha value is -2.10. The van der Waals surface area contributed by atoms with Gasteiger partial charge in [-0.1, -0.05) is 38.9 Å². The number of ether oxygens (including phenoxy) is 1. The number of rotatable bonds is 5. The lowest BCUT2D eigenvalue weighted by Gasteiger charge is -2.19. The summed E-state index contributed by atoms with van der Waals surface area (Å²) in [4.78, 5) is 17.7. The first kappa shape index (κ1) is 24.2. The number of nitrogens with zero attached hydrogens (tertiary/aromatic N) is 2. The number of carbonyl (C=O) groups excluding carboxylic acids is 1. The van der Waals surface area contributed by atoms with Gasteiger partial charge in [-0.15, -0.1) is 5.54 Å². The van der Waals surface area contributed by atoms with Crippen LogP contribution >= 0.6 is 11.5 Å². The monoisotopic (exact) mass is 442 g/mol. The van der Waals surface area contributed by atoms with Crippen molar-refractivity contribution in [1.29, 1.82) is 0 Å². The topological polar surface area (TPSA) is 43.6 Å². The first-order chi connectivity index (χ1) is 13.9. The average Bonchev–Trinajstić information content (AvgIpc) is 3.07. The molecule has 0 aliphatic carbocycles. The van der Waals surface area contributed by atoms with Crippen LogP contribution in [0.15, 0.2) is 29.4 Å². The Morgan fingerprint density at radius 3 is 2.53 bits per heavy atom. The van der Waals surface area contributed by atoms with Crippen LogP contribution in [0, 0.1) is 11.5 Å². The molecular formula is C24H34N2O2SSi. The molecule has 2 rings (SSSR count). The summed E-state index contributed by atoms with van der Waals surface area (Å²) in [6.45, 7) is 15.2. The van der Waals surface area contributed by atoms with E-state index in [1.807, 2.05) is 6.07 Å². The molecule has 0 atom stereocenters. The Morgan fingerprint density at radius 2 is 1.97 bits per heavy atom. The number of aryl methyl sites for hydroxylation is 1. The molecule has 0 spiro atoms. The van der Waals surface area contributed by atoms with E-state index in [0.717, 1.165) is 35.1 Å². The number of benzene rings is 1. The van der Waals surface area contributed by atoms with Crippen LogP contribution in [0.2, 0.25) is 19.6 Å². The molecule has 1 aromatic carbocycles. The molecule has 2 aromatic rings. The average molecular weight is 443 g/mol. The first-order valence-corrected chi connectivity index (χ1v) is 14.7. The van der Waals surface area contributed by atoms with E-state index < -0.39 is 8.07 Å². The summed E-state index contributed by atoms with van der Waals surface area (Å²) in [5.74, 6) is 3.46. The highest BCUT2D eigenvalue weighted by Crippen LogP contribution is 2.22. The van der Waals surface area contributed by atoms with Gasteiger partial charge in [-0.25, -0.2) is 0 Å². The standard InChI is InChI=1S/C24H34N2O2SSi/c1-9-10-11-19-17-26(24(2,3)4)29-23(19)25-22(27)20-16-18(12-13-21(20)28-5)14-15-30(6,7)8/h12-13,16-17H,9-11H2,1-8H3. The molecule has 0 radical (unpaired) electrons. The van der Waals surface area contributed by atoms with Crippen molar-refractivity contribution in [2.24, 2.45) is 4.99 Å². The quantitative estimate of drug-likeness (QED) is 0.445. The second kappa shape index (κ2) is 9.80. The maximum absolute atomic E-state index is 13.1. The SMILES string of the molecule is CCCCc1cn(C(C)(C)C)sc1=NC(=O)c1cc(C#C[Si](C)(C)C)ccc1OC. The zero-order valence-electron chi connectivity index (χ0n) is 19.5. The fourth-order valence-electron chi connectivity index (χ4n) is 2.70. The Labute approximate surface area is 186 Å². The number of unbranched alkanes of at least 4 members (excludes halogenated alkanes) is 1. The molecule has 1 amide bonds. The largest absolute Gasteiger partial charge is 0.496 e. The molecule has 6 heteroatoms. The Balaban J connectivity index is 2.53. The van der Waals surface area contributed by atoms with Gasteiger partial charge in [0.2, 0.25) is 0 Å². The van der Waals surface area contributed by atoms with Crippen molar-refractivity contribution in [3.8, 4) is 17.2 Å². The van der Waals surface area contributed by atoms with Gasteiger partial charge in [0.1, 0.15) is 18.5 Å². The Morgan fingerprint density at radius 1 is 1.27 bits per heavy atom. The van der Waals surface area contributed by atoms with Gasteiger partial charge in [0.05, 0.1) is 12.7 Å². The number of hydrogen-bond donors (Lipinski definition) is 0. The molecule has 0 aliphatic rings. The molecule has 0 saturated carbocycles. The van der Waals surface area contributed by atoms with Crippen molar-refractivity contribution in [2.75, 3.05) is 7.11 Å². The molecule has 0 N–H and O–H groups in total. The number of aromatic nitrogens is 1. The van der Waals surface area contributed by atoms with Crippen molar-refractivity contribution in [3.05, 3.63) is 45.8 Å². The van der Waals surface area contributed by atoms with Crippen LogP contribution in [-0.4, -0.2) is 25.0 Å². The Kier molecular flexibility index (Phi) is 7.90. The molecule has 1 heterocycles. The van der Waals surface area contributed by atoms with Crippen molar-refractivity contribution in [3.63, 3.8) is 0 Å². The van der Waals surface area contributed by atoms with E-state index >= 15 is 0 Å². The van der Waals surface area contributed by atoms with Crippen LogP contribution in [0.25, 0.3) is 0 Å². The van der Waals surface area contributed by atoms with E-state index in [9.17, 15) is 4.79 Å². The summed E-state index contributed by atoms with van der Waals surface area (Å²) in [7, 11) is 0.0695. The molecule has 0 bridgehead atoms. The van der Waals surface area contributed by atoms with Crippen molar-refractivity contribution < 1.29 is 9.53 Å². The highest BCUT2D eigenvalue weighted by Gasteiger charge is 2.18. The molecule has 1 aromatic heterocycles. The fraction of sp³-hybridized carbons (Fsp3) is 0.500. The van der Waals surface area contributed by atoms with Crippen LogP contribution in [0.1, 0.15) is 62.0 Å². The highest BCUT2D eigenvalue weighted by molar-refractivity contribution is 7.04. The van der Waals surface area contributed by atoms with Gasteiger partial charge in [-0.2, -0.15) is 4.99 Å². The zero-order chi connectivity index (χ0) is 22.5. The molecule has 0 aliphatic heterocycles. The van der Waals surface area contributed by atoms with E-state index in [1.54, 1.807) is 19.2 Å². The van der Waals surface area contributed by atoms with Crippen molar-refractivity contribution in [2.45, 2.75) is 72.1 Å². The molecule has 0 unspecified atom stereocenters. The second-order valence-electron chi connectivity index (χ2n) is 9.48. The number of amides is 1.